The van der Waals surface area contributed by atoms with E-state index in [1.807, 2.05) is 18.2 Å². The Labute approximate surface area is 324 Å². The molecule has 6 heteroatoms. The van der Waals surface area contributed by atoms with Crippen LogP contribution in [0.25, 0.3) is 0 Å². The molecule has 0 spiro atoms. The van der Waals surface area contributed by atoms with Crippen molar-refractivity contribution in [2.75, 3.05) is 7.11 Å². The fourth-order valence-electron chi connectivity index (χ4n) is 3.79. The fraction of sp³-hybridized carbons (Fsp3) is 0.422. The van der Waals surface area contributed by atoms with E-state index in [1.54, 1.807) is 0 Å². The molecular weight excluding hydrogens is 627 g/mol. The Hall–Kier alpha value is -3.62. The van der Waals surface area contributed by atoms with Gasteiger partial charge < -0.3 is 15.3 Å². The number of carboxylic acid groups (broad SMARTS) is 1. The van der Waals surface area contributed by atoms with E-state index in [0.717, 1.165) is 83.5 Å². The van der Waals surface area contributed by atoms with E-state index < -0.39 is 5.97 Å². The molecule has 0 aromatic carbocycles. The van der Waals surface area contributed by atoms with Crippen molar-refractivity contribution in [3.8, 4) is 0 Å². The van der Waals surface area contributed by atoms with Crippen LogP contribution >= 0.6 is 0 Å². The molecule has 0 aromatic heterocycles. The molecule has 51 heavy (non-hydrogen) atoms. The van der Waals surface area contributed by atoms with Gasteiger partial charge in [-0.1, -0.05) is 160 Å². The molecule has 0 fully saturated rings. The number of allylic oxidation sites excluding steroid dienone is 24. The Balaban J connectivity index is -0.000000417. The zero-order valence-corrected chi connectivity index (χ0v) is 32.3. The molecule has 0 rings (SSSR count). The monoisotopic (exact) mass is 695 g/mol. The summed E-state index contributed by atoms with van der Waals surface area (Å²) in [6.45, 7) is 4.30. The maximum absolute atomic E-state index is 10.9. The topological polar surface area (TPSA) is 93.6 Å². The third-order valence-electron chi connectivity index (χ3n) is 6.46. The van der Waals surface area contributed by atoms with Crippen LogP contribution in [0.4, 0.5) is 0 Å². The zero-order chi connectivity index (χ0) is 36.1. The maximum atomic E-state index is 10.9. The number of aliphatic carboxylic acids is 1. The molecule has 5 nitrogen and oxygen atoms in total. The van der Waals surface area contributed by atoms with Gasteiger partial charge in [0.05, 0.1) is 7.11 Å². The molecule has 0 saturated heterocycles. The zero-order valence-electron chi connectivity index (χ0n) is 32.3. The number of ether oxygens (including phenoxy) is 1. The smallest absolute Gasteiger partial charge is 0.870 e. The van der Waals surface area contributed by atoms with Crippen molar-refractivity contribution in [3.63, 3.8) is 0 Å². The number of carbonyl (C=O) groups excluding carboxylic acids is 1. The average molecular weight is 695 g/mol. The predicted molar refractivity (Wildman–Crippen MR) is 216 cm³/mol. The van der Waals surface area contributed by atoms with Gasteiger partial charge in [-0.2, -0.15) is 0 Å². The molecule has 0 unspecified atom stereocenters. The van der Waals surface area contributed by atoms with E-state index in [1.165, 1.54) is 7.11 Å². The Morgan fingerprint density at radius 1 is 0.412 bits per heavy atom. The predicted octanol–water partition coefficient (Wildman–Crippen LogP) is 10.0. The summed E-state index contributed by atoms with van der Waals surface area (Å²) in [5.74, 6) is -0.894. The van der Waals surface area contributed by atoms with Crippen molar-refractivity contribution in [1.29, 1.82) is 0 Å². The molecule has 0 heterocycles. The van der Waals surface area contributed by atoms with Crippen molar-refractivity contribution in [2.45, 2.75) is 117 Å². The molecule has 0 radical (unpaired) electrons. The Morgan fingerprint density at radius 2 is 0.627 bits per heavy atom. The summed E-state index contributed by atoms with van der Waals surface area (Å²) in [5, 5.41) is 8.49. The molecule has 2 N–H and O–H groups in total. The second-order valence-corrected chi connectivity index (χ2v) is 10.9. The molecule has 0 amide bonds. The van der Waals surface area contributed by atoms with Crippen LogP contribution in [0.5, 0.6) is 0 Å². The van der Waals surface area contributed by atoms with Crippen molar-refractivity contribution >= 4 is 11.9 Å². The quantitative estimate of drug-likeness (QED) is 0.0500. The van der Waals surface area contributed by atoms with Gasteiger partial charge in [0.2, 0.25) is 0 Å². The molecule has 278 valence electrons. The first-order valence-electron chi connectivity index (χ1n) is 18.2. The second-order valence-electron chi connectivity index (χ2n) is 10.9. The van der Waals surface area contributed by atoms with Gasteiger partial charge in [0.15, 0.2) is 0 Å². The minimum Gasteiger partial charge on any atom is -0.870 e. The molecule has 0 atom stereocenters. The summed E-state index contributed by atoms with van der Waals surface area (Å²) in [6, 6.07) is 0. The van der Waals surface area contributed by atoms with E-state index in [-0.39, 0.29) is 36.7 Å². The van der Waals surface area contributed by atoms with Gasteiger partial charge >= 0.3 is 30.8 Å². The number of carbonyl (C=O) groups is 2. The summed E-state index contributed by atoms with van der Waals surface area (Å²) in [6.07, 6.45) is 65.7. The van der Waals surface area contributed by atoms with Gasteiger partial charge in [0.1, 0.15) is 0 Å². The third-order valence-corrected chi connectivity index (χ3v) is 6.46. The van der Waals surface area contributed by atoms with Crippen LogP contribution in [-0.4, -0.2) is 29.6 Å². The van der Waals surface area contributed by atoms with Gasteiger partial charge in [-0.05, 0) is 89.9 Å². The van der Waals surface area contributed by atoms with Crippen molar-refractivity contribution in [2.24, 2.45) is 0 Å². The van der Waals surface area contributed by atoms with E-state index in [4.69, 9.17) is 5.11 Å². The van der Waals surface area contributed by atoms with E-state index >= 15 is 0 Å². The second kappa shape index (κ2) is 50.8. The number of esters is 1. The minimum atomic E-state index is -0.741. The van der Waals surface area contributed by atoms with E-state index in [0.29, 0.717) is 12.8 Å². The van der Waals surface area contributed by atoms with Crippen molar-refractivity contribution < 1.29 is 43.8 Å². The van der Waals surface area contributed by atoms with Crippen LogP contribution in [-0.2, 0) is 14.3 Å². The van der Waals surface area contributed by atoms with Gasteiger partial charge in [-0.25, -0.2) is 0 Å². The van der Waals surface area contributed by atoms with Gasteiger partial charge in [-0.3, -0.25) is 9.59 Å². The van der Waals surface area contributed by atoms with Crippen LogP contribution in [0, 0.1) is 0 Å². The molecule has 0 aliphatic heterocycles. The fourth-order valence-corrected chi connectivity index (χ4v) is 3.79. The summed E-state index contributed by atoms with van der Waals surface area (Å²) in [7, 11) is 1.42. The molecule has 0 aliphatic carbocycles. The molecular formula is C45H67LiO5. The van der Waals surface area contributed by atoms with Crippen LogP contribution in [0.2, 0.25) is 0 Å². The maximum Gasteiger partial charge on any atom is 1.00 e. The summed E-state index contributed by atoms with van der Waals surface area (Å²) >= 11 is 0. The first-order valence-corrected chi connectivity index (χ1v) is 18.2. The molecule has 0 bridgehead atoms. The molecule has 0 saturated carbocycles. The van der Waals surface area contributed by atoms with Crippen molar-refractivity contribution in [3.05, 3.63) is 146 Å². The molecule has 0 aliphatic rings. The summed E-state index contributed by atoms with van der Waals surface area (Å²) in [5.41, 5.74) is 0. The average Bonchev–Trinajstić information content (AvgIpc) is 3.10. The third kappa shape index (κ3) is 56.0. The van der Waals surface area contributed by atoms with Crippen molar-refractivity contribution in [1.82, 2.24) is 0 Å². The summed E-state index contributed by atoms with van der Waals surface area (Å²) in [4.78, 5) is 21.2. The Morgan fingerprint density at radius 3 is 0.843 bits per heavy atom. The van der Waals surface area contributed by atoms with Gasteiger partial charge in [0, 0.05) is 12.8 Å². The number of hydrogen-bond donors (Lipinski definition) is 1. The minimum absolute atomic E-state index is 0. The normalized spacial score (nSPS) is 12.5. The SMILES string of the molecule is CC/C=C\C/C=C\C/C=C\C/C=C\C/C=C\C/C=C\CCC(=O)O.CC/C=C\C/C=C\C/C=C\C/C=C\C/C=C\C/C=C\CCC(=O)OC.[Li+].[OH-]. The van der Waals surface area contributed by atoms with E-state index in [9.17, 15) is 9.59 Å². The molecule has 0 aromatic rings. The first-order chi connectivity index (χ1) is 24.1. The summed E-state index contributed by atoms with van der Waals surface area (Å²) < 4.78 is 4.58. The van der Waals surface area contributed by atoms with Gasteiger partial charge in [0.25, 0.3) is 0 Å². The van der Waals surface area contributed by atoms with Crippen LogP contribution in [0.1, 0.15) is 117 Å². The van der Waals surface area contributed by atoms with E-state index in [2.05, 4.69) is 146 Å². The Bertz CT molecular complexity index is 1130. The number of carboxylic acids is 1. The van der Waals surface area contributed by atoms with Gasteiger partial charge in [-0.15, -0.1) is 0 Å². The number of methoxy groups -OCH3 is 1. The number of rotatable bonds is 28. The largest absolute Gasteiger partial charge is 1.00 e. The first kappa shape index (κ1) is 54.2. The van der Waals surface area contributed by atoms with Crippen LogP contribution < -0.4 is 18.9 Å². The number of hydrogen-bond acceptors (Lipinski definition) is 4. The Kier molecular flexibility index (Phi) is 53.9. The van der Waals surface area contributed by atoms with Crippen LogP contribution in [0.3, 0.4) is 0 Å². The van der Waals surface area contributed by atoms with Crippen LogP contribution in [0.15, 0.2) is 146 Å². The standard InChI is InChI=1S/C23H34O2.C22H32O2.Li.H2O/c1-3-4-5-6-7-8-9-10-11-12-13-14-15-16-17-18-19-20-21-22-23(24)25-2;1-2-3-4-5-6-7-8-9-10-11-12-13-14-15-16-17-18-19-20-21-22(23)24;;/h4-5,7-8,10-11,13-14,16-17,19-20H,3,6,9,12,15,18,21-22H2,1-2H3;3-4,6-7,9-10,12-13,15-16,18-19H,2,5,8,11,14,17,20-21H2,1H3,(H,23,24);;1H2/q;;+1;/p-1/b5-4-,8-7-,11-10-,14-13-,17-16-,20-19-;4-3-,7-6-,10-9-,13-12-,16-15-,19-18-;;.